The van der Waals surface area contributed by atoms with Gasteiger partial charge in [0, 0.05) is 6.20 Å². The standard InChI is InChI=1S/C9H11F3N4O3/c10-9(11,12)5-14-7(17)4-19-8(18)3-16-2-6(13)1-15-16/h1-2H,3-5,13H2,(H,14,17). The van der Waals surface area contributed by atoms with Crippen molar-refractivity contribution in [3.63, 3.8) is 0 Å². The molecule has 0 saturated heterocycles. The van der Waals surface area contributed by atoms with Gasteiger partial charge in [-0.05, 0) is 0 Å². The smallest absolute Gasteiger partial charge is 0.405 e. The highest BCUT2D eigenvalue weighted by atomic mass is 19.4. The van der Waals surface area contributed by atoms with E-state index in [-0.39, 0.29) is 6.54 Å². The first-order chi connectivity index (χ1) is 8.76. The van der Waals surface area contributed by atoms with Crippen molar-refractivity contribution in [2.45, 2.75) is 12.7 Å². The fraction of sp³-hybridized carbons (Fsp3) is 0.444. The van der Waals surface area contributed by atoms with Crippen LogP contribution in [-0.4, -0.2) is 41.0 Å². The Bertz CT molecular complexity index is 458. The molecule has 0 aliphatic heterocycles. The number of esters is 1. The summed E-state index contributed by atoms with van der Waals surface area (Å²) in [4.78, 5) is 22.1. The summed E-state index contributed by atoms with van der Waals surface area (Å²) in [6.07, 6.45) is -1.83. The van der Waals surface area contributed by atoms with Gasteiger partial charge < -0.3 is 15.8 Å². The van der Waals surface area contributed by atoms with E-state index in [0.29, 0.717) is 5.69 Å². The van der Waals surface area contributed by atoms with Crippen LogP contribution in [0.4, 0.5) is 18.9 Å². The minimum absolute atomic E-state index is 0.288. The minimum atomic E-state index is -4.51. The van der Waals surface area contributed by atoms with Gasteiger partial charge in [-0.25, -0.2) is 0 Å². The Balaban J connectivity index is 2.25. The molecule has 7 nitrogen and oxygen atoms in total. The molecule has 1 amide bonds. The Hall–Kier alpha value is -2.26. The average molecular weight is 280 g/mol. The van der Waals surface area contributed by atoms with Gasteiger partial charge in [0.25, 0.3) is 5.91 Å². The number of nitrogen functional groups attached to an aromatic ring is 1. The highest BCUT2D eigenvalue weighted by Gasteiger charge is 2.27. The zero-order chi connectivity index (χ0) is 14.5. The number of carbonyl (C=O) groups is 2. The fourth-order valence-electron chi connectivity index (χ4n) is 1.04. The lowest BCUT2D eigenvalue weighted by Crippen LogP contribution is -2.36. The molecule has 1 heterocycles. The van der Waals surface area contributed by atoms with Crippen molar-refractivity contribution in [1.82, 2.24) is 15.1 Å². The molecule has 1 aromatic rings. The predicted molar refractivity (Wildman–Crippen MR) is 56.7 cm³/mol. The number of nitrogens with one attached hydrogen (secondary N) is 1. The van der Waals surface area contributed by atoms with Gasteiger partial charge in [-0.2, -0.15) is 18.3 Å². The Kier molecular flexibility index (Phi) is 4.73. The third-order valence-corrected chi connectivity index (χ3v) is 1.79. The molecule has 3 N–H and O–H groups in total. The van der Waals surface area contributed by atoms with Gasteiger partial charge in [0.05, 0.1) is 11.9 Å². The van der Waals surface area contributed by atoms with Gasteiger partial charge in [-0.1, -0.05) is 0 Å². The molecule has 1 rings (SSSR count). The molecule has 0 aromatic carbocycles. The average Bonchev–Trinajstić information content (AvgIpc) is 2.68. The number of alkyl halides is 3. The van der Waals surface area contributed by atoms with Gasteiger partial charge in [0.1, 0.15) is 13.1 Å². The Morgan fingerprint density at radius 2 is 2.16 bits per heavy atom. The van der Waals surface area contributed by atoms with Crippen LogP contribution in [0, 0.1) is 0 Å². The van der Waals surface area contributed by atoms with Crippen molar-refractivity contribution in [2.75, 3.05) is 18.9 Å². The van der Waals surface area contributed by atoms with Gasteiger partial charge >= 0.3 is 12.1 Å². The monoisotopic (exact) mass is 280 g/mol. The summed E-state index contributed by atoms with van der Waals surface area (Å²) in [7, 11) is 0. The lowest BCUT2D eigenvalue weighted by molar-refractivity contribution is -0.151. The van der Waals surface area contributed by atoms with Gasteiger partial charge in [0.2, 0.25) is 0 Å². The van der Waals surface area contributed by atoms with Crippen LogP contribution in [-0.2, 0) is 20.9 Å². The van der Waals surface area contributed by atoms with Crippen LogP contribution < -0.4 is 11.1 Å². The summed E-state index contributed by atoms with van der Waals surface area (Å²) < 4.78 is 40.9. The number of hydrogen-bond donors (Lipinski definition) is 2. The quantitative estimate of drug-likeness (QED) is 0.721. The highest BCUT2D eigenvalue weighted by Crippen LogP contribution is 2.11. The second-order valence-corrected chi connectivity index (χ2v) is 3.52. The summed E-state index contributed by atoms with van der Waals surface area (Å²) in [6.45, 7) is -2.55. The third-order valence-electron chi connectivity index (χ3n) is 1.79. The maximum Gasteiger partial charge on any atom is 0.405 e. The second-order valence-electron chi connectivity index (χ2n) is 3.52. The molecule has 0 atom stereocenters. The van der Waals surface area contributed by atoms with Crippen LogP contribution in [0.15, 0.2) is 12.4 Å². The summed E-state index contributed by atoms with van der Waals surface area (Å²) in [5.74, 6) is -1.85. The predicted octanol–water partition coefficient (Wildman–Crippen LogP) is -0.313. The molecule has 0 aliphatic rings. The van der Waals surface area contributed by atoms with Gasteiger partial charge in [0.15, 0.2) is 6.61 Å². The molecule has 0 spiro atoms. The largest absolute Gasteiger partial charge is 0.454 e. The minimum Gasteiger partial charge on any atom is -0.454 e. The first kappa shape index (κ1) is 14.8. The molecule has 0 aliphatic carbocycles. The van der Waals surface area contributed by atoms with Crippen molar-refractivity contribution < 1.29 is 27.5 Å². The van der Waals surface area contributed by atoms with Crippen LogP contribution in [0.25, 0.3) is 0 Å². The molecule has 10 heteroatoms. The van der Waals surface area contributed by atoms with Crippen molar-refractivity contribution >= 4 is 17.6 Å². The van der Waals surface area contributed by atoms with E-state index in [1.165, 1.54) is 17.1 Å². The Morgan fingerprint density at radius 1 is 1.47 bits per heavy atom. The summed E-state index contributed by atoms with van der Waals surface area (Å²) in [5.41, 5.74) is 5.69. The van der Waals surface area contributed by atoms with E-state index in [0.717, 1.165) is 0 Å². The Morgan fingerprint density at radius 3 is 2.68 bits per heavy atom. The van der Waals surface area contributed by atoms with E-state index in [1.807, 2.05) is 0 Å². The molecular formula is C9H11F3N4O3. The SMILES string of the molecule is Nc1cnn(CC(=O)OCC(=O)NCC(F)(F)F)c1. The zero-order valence-electron chi connectivity index (χ0n) is 9.61. The van der Waals surface area contributed by atoms with Crippen LogP contribution in [0.1, 0.15) is 0 Å². The maximum atomic E-state index is 11.8. The van der Waals surface area contributed by atoms with Crippen molar-refractivity contribution in [3.05, 3.63) is 12.4 Å². The van der Waals surface area contributed by atoms with E-state index >= 15 is 0 Å². The highest BCUT2D eigenvalue weighted by molar-refractivity contribution is 5.80. The van der Waals surface area contributed by atoms with E-state index in [1.54, 1.807) is 5.32 Å². The molecular weight excluding hydrogens is 269 g/mol. The normalized spacial score (nSPS) is 11.1. The van der Waals surface area contributed by atoms with E-state index in [9.17, 15) is 22.8 Å². The third kappa shape index (κ3) is 6.29. The molecule has 0 saturated carbocycles. The number of hydrogen-bond acceptors (Lipinski definition) is 5. The molecule has 0 radical (unpaired) electrons. The number of nitrogens with zero attached hydrogens (tertiary/aromatic N) is 2. The first-order valence-corrected chi connectivity index (χ1v) is 5.03. The molecule has 1 aromatic heterocycles. The summed E-state index contributed by atoms with van der Waals surface area (Å²) in [6, 6.07) is 0. The number of halogens is 3. The molecule has 0 bridgehead atoms. The number of anilines is 1. The number of amides is 1. The fourth-order valence-corrected chi connectivity index (χ4v) is 1.04. The van der Waals surface area contributed by atoms with Crippen LogP contribution >= 0.6 is 0 Å². The van der Waals surface area contributed by atoms with Crippen LogP contribution in [0.5, 0.6) is 0 Å². The summed E-state index contributed by atoms with van der Waals surface area (Å²) >= 11 is 0. The van der Waals surface area contributed by atoms with Gasteiger partial charge in [-0.15, -0.1) is 0 Å². The second kappa shape index (κ2) is 6.07. The van der Waals surface area contributed by atoms with Crippen molar-refractivity contribution in [2.24, 2.45) is 0 Å². The molecule has 106 valence electrons. The molecule has 0 fully saturated rings. The number of nitrogens with two attached hydrogens (primary N) is 1. The van der Waals surface area contributed by atoms with E-state index in [2.05, 4.69) is 9.84 Å². The zero-order valence-corrected chi connectivity index (χ0v) is 9.61. The van der Waals surface area contributed by atoms with E-state index < -0.39 is 31.2 Å². The topological polar surface area (TPSA) is 99.2 Å². The molecule has 19 heavy (non-hydrogen) atoms. The van der Waals surface area contributed by atoms with Crippen molar-refractivity contribution in [1.29, 1.82) is 0 Å². The van der Waals surface area contributed by atoms with E-state index in [4.69, 9.17) is 5.73 Å². The first-order valence-electron chi connectivity index (χ1n) is 5.03. The molecule has 0 unspecified atom stereocenters. The number of carbonyl (C=O) groups excluding carboxylic acids is 2. The number of rotatable bonds is 5. The van der Waals surface area contributed by atoms with Crippen molar-refractivity contribution in [3.8, 4) is 0 Å². The lowest BCUT2D eigenvalue weighted by Gasteiger charge is -2.08. The van der Waals surface area contributed by atoms with Crippen LogP contribution in [0.2, 0.25) is 0 Å². The number of aromatic nitrogens is 2. The van der Waals surface area contributed by atoms with Crippen LogP contribution in [0.3, 0.4) is 0 Å². The number of ether oxygens (including phenoxy) is 1. The Labute approximate surface area is 105 Å². The summed E-state index contributed by atoms with van der Waals surface area (Å²) in [5, 5.41) is 5.26. The lowest BCUT2D eigenvalue weighted by atomic mass is 10.5. The maximum absolute atomic E-state index is 11.8. The van der Waals surface area contributed by atoms with Gasteiger partial charge in [-0.3, -0.25) is 14.3 Å².